The second-order valence-electron chi connectivity index (χ2n) is 4.79. The van der Waals surface area contributed by atoms with Crippen LogP contribution in [0.5, 0.6) is 0 Å². The molecule has 0 unspecified atom stereocenters. The van der Waals surface area contributed by atoms with Crippen LogP contribution >= 0.6 is 11.6 Å². The fourth-order valence-electron chi connectivity index (χ4n) is 1.77. The van der Waals surface area contributed by atoms with Crippen LogP contribution in [0.2, 0.25) is 5.02 Å². The Hall–Kier alpha value is -1.65. The fourth-order valence-corrected chi connectivity index (χ4v) is 2.00. The minimum atomic E-state index is -0.558. The molecule has 19 heavy (non-hydrogen) atoms. The van der Waals surface area contributed by atoms with Crippen LogP contribution in [0.1, 0.15) is 13.8 Å². The highest BCUT2D eigenvalue weighted by molar-refractivity contribution is 6.32. The normalized spacial score (nSPS) is 12.7. The van der Waals surface area contributed by atoms with Crippen molar-refractivity contribution in [3.8, 4) is 0 Å². The number of carbonyl (C=O) groups excluding carboxylic acids is 1. The molecule has 0 bridgehead atoms. The van der Waals surface area contributed by atoms with E-state index < -0.39 is 6.04 Å². The minimum absolute atomic E-state index is 0.0680. The molecule has 2 aromatic rings. The molecule has 0 aliphatic heterocycles. The van der Waals surface area contributed by atoms with Gasteiger partial charge in [0.15, 0.2) is 0 Å². The summed E-state index contributed by atoms with van der Waals surface area (Å²) >= 11 is 6.04. The van der Waals surface area contributed by atoms with E-state index in [9.17, 15) is 4.79 Å². The number of amides is 1. The van der Waals surface area contributed by atoms with Gasteiger partial charge in [0, 0.05) is 16.6 Å². The highest BCUT2D eigenvalue weighted by Crippen LogP contribution is 2.26. The first-order valence-corrected chi connectivity index (χ1v) is 6.47. The number of benzene rings is 1. The summed E-state index contributed by atoms with van der Waals surface area (Å²) in [6, 6.07) is 6.65. The van der Waals surface area contributed by atoms with Gasteiger partial charge in [-0.2, -0.15) is 0 Å². The Bertz CT molecular complexity index is 613. The second-order valence-corrected chi connectivity index (χ2v) is 5.22. The molecule has 5 heteroatoms. The van der Waals surface area contributed by atoms with Gasteiger partial charge in [-0.25, -0.2) is 0 Å². The first-order valence-electron chi connectivity index (χ1n) is 6.09. The molecular formula is C14H16ClN3O. The summed E-state index contributed by atoms with van der Waals surface area (Å²) < 4.78 is 0. The number of carbonyl (C=O) groups is 1. The van der Waals surface area contributed by atoms with Gasteiger partial charge in [0.05, 0.1) is 17.2 Å². The third-order valence-electron chi connectivity index (χ3n) is 2.95. The maximum atomic E-state index is 12.0. The summed E-state index contributed by atoms with van der Waals surface area (Å²) in [5.41, 5.74) is 7.12. The van der Waals surface area contributed by atoms with Gasteiger partial charge in [-0.3, -0.25) is 9.78 Å². The molecule has 0 spiro atoms. The molecule has 4 nitrogen and oxygen atoms in total. The third kappa shape index (κ3) is 3.03. The summed E-state index contributed by atoms with van der Waals surface area (Å²) in [4.78, 5) is 16.3. The average Bonchev–Trinajstić information content (AvgIpc) is 2.37. The molecule has 3 N–H and O–H groups in total. The van der Waals surface area contributed by atoms with Crippen molar-refractivity contribution < 1.29 is 4.79 Å². The molecule has 100 valence electrons. The van der Waals surface area contributed by atoms with Crippen LogP contribution < -0.4 is 11.1 Å². The fraction of sp³-hybridized carbons (Fsp3) is 0.286. The molecule has 1 aromatic carbocycles. The summed E-state index contributed by atoms with van der Waals surface area (Å²) in [6.45, 7) is 3.80. The Morgan fingerprint density at radius 3 is 2.84 bits per heavy atom. The van der Waals surface area contributed by atoms with E-state index in [2.05, 4.69) is 10.3 Å². The van der Waals surface area contributed by atoms with E-state index in [1.807, 2.05) is 32.0 Å². The van der Waals surface area contributed by atoms with Crippen LogP contribution in [0.3, 0.4) is 0 Å². The third-order valence-corrected chi connectivity index (χ3v) is 3.17. The molecule has 0 saturated heterocycles. The SMILES string of the molecule is CC(C)[C@@H](N)C(=O)Nc1cc(Cl)cc2cccnc12. The molecule has 0 aliphatic rings. The van der Waals surface area contributed by atoms with Gasteiger partial charge in [0.25, 0.3) is 0 Å². The number of nitrogens with zero attached hydrogens (tertiary/aromatic N) is 1. The van der Waals surface area contributed by atoms with E-state index in [0.717, 1.165) is 5.39 Å². The molecule has 0 aliphatic carbocycles. The Morgan fingerprint density at radius 1 is 1.42 bits per heavy atom. The van der Waals surface area contributed by atoms with Gasteiger partial charge in [-0.15, -0.1) is 0 Å². The van der Waals surface area contributed by atoms with Crippen molar-refractivity contribution in [1.82, 2.24) is 4.98 Å². The van der Waals surface area contributed by atoms with Crippen molar-refractivity contribution in [2.24, 2.45) is 11.7 Å². The Labute approximate surface area is 117 Å². The zero-order valence-electron chi connectivity index (χ0n) is 10.9. The highest BCUT2D eigenvalue weighted by Gasteiger charge is 2.18. The van der Waals surface area contributed by atoms with E-state index >= 15 is 0 Å². The largest absolute Gasteiger partial charge is 0.323 e. The number of aromatic nitrogens is 1. The van der Waals surface area contributed by atoms with Crippen LogP contribution in [0, 0.1) is 5.92 Å². The lowest BCUT2D eigenvalue weighted by molar-refractivity contribution is -0.118. The van der Waals surface area contributed by atoms with E-state index in [0.29, 0.717) is 16.2 Å². The van der Waals surface area contributed by atoms with Gasteiger partial charge >= 0.3 is 0 Å². The summed E-state index contributed by atoms with van der Waals surface area (Å²) in [7, 11) is 0. The summed E-state index contributed by atoms with van der Waals surface area (Å²) in [5, 5.41) is 4.22. The van der Waals surface area contributed by atoms with Crippen molar-refractivity contribution in [2.45, 2.75) is 19.9 Å². The van der Waals surface area contributed by atoms with E-state index in [-0.39, 0.29) is 11.8 Å². The molecule has 1 heterocycles. The number of hydrogen-bond donors (Lipinski definition) is 2. The standard InChI is InChI=1S/C14H16ClN3O/c1-8(2)12(16)14(19)18-11-7-10(15)6-9-4-3-5-17-13(9)11/h3-8,12H,16H2,1-2H3,(H,18,19)/t12-/m1/s1. The molecule has 1 aromatic heterocycles. The predicted octanol–water partition coefficient (Wildman–Crippen LogP) is 2.81. The van der Waals surface area contributed by atoms with Crippen LogP contribution in [0.4, 0.5) is 5.69 Å². The van der Waals surface area contributed by atoms with E-state index in [1.165, 1.54) is 0 Å². The molecule has 0 fully saturated rings. The topological polar surface area (TPSA) is 68.0 Å². The molecule has 0 saturated carbocycles. The van der Waals surface area contributed by atoms with Gasteiger partial charge in [0.1, 0.15) is 0 Å². The van der Waals surface area contributed by atoms with Gasteiger partial charge in [-0.05, 0) is 24.1 Å². The Morgan fingerprint density at radius 2 is 2.16 bits per heavy atom. The highest BCUT2D eigenvalue weighted by atomic mass is 35.5. The molecular weight excluding hydrogens is 262 g/mol. The predicted molar refractivity (Wildman–Crippen MR) is 78.2 cm³/mol. The number of hydrogen-bond acceptors (Lipinski definition) is 3. The maximum absolute atomic E-state index is 12.0. The number of fused-ring (bicyclic) bond motifs is 1. The van der Waals surface area contributed by atoms with Crippen LogP contribution in [0.15, 0.2) is 30.5 Å². The van der Waals surface area contributed by atoms with Crippen molar-refractivity contribution in [3.05, 3.63) is 35.5 Å². The lowest BCUT2D eigenvalue weighted by atomic mass is 10.0. The number of pyridine rings is 1. The zero-order valence-corrected chi connectivity index (χ0v) is 11.6. The second kappa shape index (κ2) is 5.55. The number of nitrogens with one attached hydrogen (secondary N) is 1. The average molecular weight is 278 g/mol. The van der Waals surface area contributed by atoms with Crippen molar-refractivity contribution >= 4 is 34.1 Å². The van der Waals surface area contributed by atoms with E-state index in [1.54, 1.807) is 12.3 Å². The zero-order chi connectivity index (χ0) is 14.0. The monoisotopic (exact) mass is 277 g/mol. The van der Waals surface area contributed by atoms with Crippen LogP contribution in [0.25, 0.3) is 10.9 Å². The lowest BCUT2D eigenvalue weighted by Crippen LogP contribution is -2.39. The van der Waals surface area contributed by atoms with Crippen LogP contribution in [-0.4, -0.2) is 16.9 Å². The molecule has 0 radical (unpaired) electrons. The number of anilines is 1. The van der Waals surface area contributed by atoms with Crippen molar-refractivity contribution in [2.75, 3.05) is 5.32 Å². The maximum Gasteiger partial charge on any atom is 0.241 e. The lowest BCUT2D eigenvalue weighted by Gasteiger charge is -2.16. The number of rotatable bonds is 3. The smallest absolute Gasteiger partial charge is 0.241 e. The van der Waals surface area contributed by atoms with Gasteiger partial charge in [0.2, 0.25) is 5.91 Å². The van der Waals surface area contributed by atoms with Crippen LogP contribution in [-0.2, 0) is 4.79 Å². The van der Waals surface area contributed by atoms with Crippen molar-refractivity contribution in [1.29, 1.82) is 0 Å². The minimum Gasteiger partial charge on any atom is -0.323 e. The van der Waals surface area contributed by atoms with E-state index in [4.69, 9.17) is 17.3 Å². The van der Waals surface area contributed by atoms with Gasteiger partial charge < -0.3 is 11.1 Å². The summed E-state index contributed by atoms with van der Waals surface area (Å²) in [6.07, 6.45) is 1.67. The first kappa shape index (κ1) is 13.8. The number of nitrogens with two attached hydrogens (primary N) is 1. The molecule has 1 atom stereocenters. The quantitative estimate of drug-likeness (QED) is 0.906. The summed E-state index contributed by atoms with van der Waals surface area (Å²) in [5.74, 6) is -0.164. The Kier molecular flexibility index (Phi) is 4.02. The van der Waals surface area contributed by atoms with Crippen molar-refractivity contribution in [3.63, 3.8) is 0 Å². The van der Waals surface area contributed by atoms with Gasteiger partial charge in [-0.1, -0.05) is 31.5 Å². The molecule has 2 rings (SSSR count). The molecule has 1 amide bonds. The Balaban J connectivity index is 2.37. The first-order chi connectivity index (χ1) is 8.99. The number of halogens is 1.